The SMILES string of the molecule is CN1C(=O)C2CC(c3ccc(Br)cc3)CN2c2ccccc21. The number of amides is 1. The van der Waals surface area contributed by atoms with E-state index in [0.717, 1.165) is 23.1 Å². The van der Waals surface area contributed by atoms with Crippen molar-refractivity contribution >= 4 is 33.2 Å². The van der Waals surface area contributed by atoms with E-state index in [-0.39, 0.29) is 11.9 Å². The van der Waals surface area contributed by atoms with Crippen LogP contribution < -0.4 is 9.80 Å². The van der Waals surface area contributed by atoms with Gasteiger partial charge in [0.2, 0.25) is 5.91 Å². The molecule has 2 aliphatic heterocycles. The molecule has 4 heteroatoms. The maximum Gasteiger partial charge on any atom is 0.249 e. The van der Waals surface area contributed by atoms with Crippen LogP contribution in [0.2, 0.25) is 0 Å². The number of benzene rings is 2. The summed E-state index contributed by atoms with van der Waals surface area (Å²) in [6.07, 6.45) is 0.888. The van der Waals surface area contributed by atoms with Crippen molar-refractivity contribution in [2.24, 2.45) is 0 Å². The average Bonchev–Trinajstić information content (AvgIpc) is 2.99. The minimum absolute atomic E-state index is 0.0338. The van der Waals surface area contributed by atoms with Crippen LogP contribution in [0.15, 0.2) is 53.0 Å². The van der Waals surface area contributed by atoms with Crippen LogP contribution in [0.25, 0.3) is 0 Å². The lowest BCUT2D eigenvalue weighted by molar-refractivity contribution is -0.119. The van der Waals surface area contributed by atoms with Gasteiger partial charge in [-0.2, -0.15) is 0 Å². The fourth-order valence-corrected chi connectivity index (χ4v) is 3.91. The van der Waals surface area contributed by atoms with Crippen LogP contribution in [0.1, 0.15) is 17.9 Å². The van der Waals surface area contributed by atoms with Gasteiger partial charge in [-0.05, 0) is 36.2 Å². The van der Waals surface area contributed by atoms with Gasteiger partial charge in [0.1, 0.15) is 6.04 Å². The van der Waals surface area contributed by atoms with E-state index in [1.807, 2.05) is 25.2 Å². The summed E-state index contributed by atoms with van der Waals surface area (Å²) in [5.74, 6) is 0.611. The van der Waals surface area contributed by atoms with Gasteiger partial charge in [-0.15, -0.1) is 0 Å². The second-order valence-electron chi connectivity index (χ2n) is 6.04. The Hall–Kier alpha value is -1.81. The van der Waals surface area contributed by atoms with Crippen molar-refractivity contribution in [3.63, 3.8) is 0 Å². The summed E-state index contributed by atoms with van der Waals surface area (Å²) in [5, 5.41) is 0. The van der Waals surface area contributed by atoms with Gasteiger partial charge in [-0.3, -0.25) is 4.79 Å². The standard InChI is InChI=1S/C18H17BrN2O/c1-20-15-4-2-3-5-16(15)21-11-13(10-17(21)18(20)22)12-6-8-14(19)9-7-12/h2-9,13,17H,10-11H2,1H3. The van der Waals surface area contributed by atoms with E-state index in [2.05, 4.69) is 51.2 Å². The summed E-state index contributed by atoms with van der Waals surface area (Å²) < 4.78 is 1.09. The monoisotopic (exact) mass is 356 g/mol. The second kappa shape index (κ2) is 5.13. The van der Waals surface area contributed by atoms with Crippen molar-refractivity contribution in [3.05, 3.63) is 58.6 Å². The van der Waals surface area contributed by atoms with Gasteiger partial charge in [-0.25, -0.2) is 0 Å². The molecule has 0 aliphatic carbocycles. The molecule has 0 radical (unpaired) electrons. The van der Waals surface area contributed by atoms with E-state index in [1.165, 1.54) is 11.3 Å². The van der Waals surface area contributed by atoms with E-state index < -0.39 is 0 Å². The largest absolute Gasteiger partial charge is 0.357 e. The van der Waals surface area contributed by atoms with Crippen molar-refractivity contribution in [1.29, 1.82) is 0 Å². The van der Waals surface area contributed by atoms with E-state index in [4.69, 9.17) is 0 Å². The molecule has 2 aromatic rings. The molecule has 1 amide bonds. The quantitative estimate of drug-likeness (QED) is 0.775. The van der Waals surface area contributed by atoms with E-state index in [9.17, 15) is 4.79 Å². The minimum atomic E-state index is -0.0338. The van der Waals surface area contributed by atoms with Crippen molar-refractivity contribution < 1.29 is 4.79 Å². The first kappa shape index (κ1) is 13.8. The van der Waals surface area contributed by atoms with Gasteiger partial charge < -0.3 is 9.80 Å². The summed E-state index contributed by atoms with van der Waals surface area (Å²) in [4.78, 5) is 16.8. The molecular formula is C18H17BrN2O. The molecule has 2 aliphatic rings. The third kappa shape index (κ3) is 2.05. The van der Waals surface area contributed by atoms with Crippen LogP contribution in [0.5, 0.6) is 0 Å². The smallest absolute Gasteiger partial charge is 0.249 e. The lowest BCUT2D eigenvalue weighted by atomic mass is 9.96. The van der Waals surface area contributed by atoms with E-state index >= 15 is 0 Å². The Morgan fingerprint density at radius 3 is 2.45 bits per heavy atom. The van der Waals surface area contributed by atoms with Crippen LogP contribution in [0.4, 0.5) is 11.4 Å². The third-order valence-corrected chi connectivity index (χ3v) is 5.34. The molecule has 2 heterocycles. The first-order valence-corrected chi connectivity index (χ1v) is 8.33. The Bertz CT molecular complexity index is 728. The predicted octanol–water partition coefficient (Wildman–Crippen LogP) is 3.79. The number of carbonyl (C=O) groups excluding carboxylic acids is 1. The molecule has 0 saturated carbocycles. The number of hydrogen-bond acceptors (Lipinski definition) is 2. The molecule has 4 rings (SSSR count). The van der Waals surface area contributed by atoms with Gasteiger partial charge in [-0.1, -0.05) is 40.2 Å². The van der Waals surface area contributed by atoms with Crippen molar-refractivity contribution in [1.82, 2.24) is 0 Å². The summed E-state index contributed by atoms with van der Waals surface area (Å²) in [6.45, 7) is 0.906. The Morgan fingerprint density at radius 2 is 1.73 bits per heavy atom. The van der Waals surface area contributed by atoms with Gasteiger partial charge in [0.25, 0.3) is 0 Å². The van der Waals surface area contributed by atoms with Crippen LogP contribution in [0.3, 0.4) is 0 Å². The van der Waals surface area contributed by atoms with Gasteiger partial charge in [0.05, 0.1) is 11.4 Å². The highest BCUT2D eigenvalue weighted by atomic mass is 79.9. The molecule has 0 bridgehead atoms. The molecule has 0 spiro atoms. The number of para-hydroxylation sites is 2. The molecule has 2 unspecified atom stereocenters. The minimum Gasteiger partial charge on any atom is -0.357 e. The molecular weight excluding hydrogens is 340 g/mol. The maximum absolute atomic E-state index is 12.7. The van der Waals surface area contributed by atoms with E-state index in [0.29, 0.717) is 5.92 Å². The number of halogens is 1. The lowest BCUT2D eigenvalue weighted by Gasteiger charge is -2.37. The maximum atomic E-state index is 12.7. The molecule has 112 valence electrons. The van der Waals surface area contributed by atoms with Gasteiger partial charge >= 0.3 is 0 Å². The lowest BCUT2D eigenvalue weighted by Crippen LogP contribution is -2.48. The number of fused-ring (bicyclic) bond motifs is 3. The first-order valence-electron chi connectivity index (χ1n) is 7.54. The Kier molecular flexibility index (Phi) is 3.22. The number of hydrogen-bond donors (Lipinski definition) is 0. The van der Waals surface area contributed by atoms with Gasteiger partial charge in [0, 0.05) is 24.0 Å². The summed E-state index contributed by atoms with van der Waals surface area (Å²) in [6, 6.07) is 16.6. The molecule has 2 aromatic carbocycles. The van der Waals surface area contributed by atoms with Crippen LogP contribution in [-0.4, -0.2) is 25.5 Å². The first-order chi connectivity index (χ1) is 10.6. The number of nitrogens with zero attached hydrogens (tertiary/aromatic N) is 2. The Balaban J connectivity index is 1.71. The molecule has 2 atom stereocenters. The average molecular weight is 357 g/mol. The summed E-state index contributed by atoms with van der Waals surface area (Å²) in [5.41, 5.74) is 3.50. The fourth-order valence-electron chi connectivity index (χ4n) is 3.65. The number of carbonyl (C=O) groups is 1. The van der Waals surface area contributed by atoms with Gasteiger partial charge in [0.15, 0.2) is 0 Å². The highest BCUT2D eigenvalue weighted by Gasteiger charge is 2.43. The van der Waals surface area contributed by atoms with Crippen molar-refractivity contribution in [2.45, 2.75) is 18.4 Å². The topological polar surface area (TPSA) is 23.6 Å². The summed E-state index contributed by atoms with van der Waals surface area (Å²) >= 11 is 3.48. The molecule has 1 saturated heterocycles. The van der Waals surface area contributed by atoms with Crippen molar-refractivity contribution in [3.8, 4) is 0 Å². The summed E-state index contributed by atoms with van der Waals surface area (Å²) in [7, 11) is 1.88. The zero-order valence-corrected chi connectivity index (χ0v) is 14.0. The zero-order chi connectivity index (χ0) is 15.3. The fraction of sp³-hybridized carbons (Fsp3) is 0.278. The highest BCUT2D eigenvalue weighted by Crippen LogP contribution is 2.43. The molecule has 0 aromatic heterocycles. The molecule has 1 fully saturated rings. The van der Waals surface area contributed by atoms with Crippen LogP contribution >= 0.6 is 15.9 Å². The third-order valence-electron chi connectivity index (χ3n) is 4.81. The number of likely N-dealkylation sites (N-methyl/N-ethyl adjacent to an activating group) is 1. The van der Waals surface area contributed by atoms with Crippen LogP contribution in [-0.2, 0) is 4.79 Å². The molecule has 0 N–H and O–H groups in total. The highest BCUT2D eigenvalue weighted by molar-refractivity contribution is 9.10. The molecule has 22 heavy (non-hydrogen) atoms. The Labute approximate surface area is 138 Å². The predicted molar refractivity (Wildman–Crippen MR) is 92.5 cm³/mol. The number of rotatable bonds is 1. The normalized spacial score (nSPS) is 23.5. The Morgan fingerprint density at radius 1 is 1.05 bits per heavy atom. The van der Waals surface area contributed by atoms with Crippen molar-refractivity contribution in [2.75, 3.05) is 23.4 Å². The second-order valence-corrected chi connectivity index (χ2v) is 6.95. The zero-order valence-electron chi connectivity index (χ0n) is 12.4. The number of anilines is 2. The molecule has 3 nitrogen and oxygen atoms in total. The van der Waals surface area contributed by atoms with Crippen LogP contribution in [0, 0.1) is 0 Å². The van der Waals surface area contributed by atoms with E-state index in [1.54, 1.807) is 4.90 Å².